The van der Waals surface area contributed by atoms with Gasteiger partial charge < -0.3 is 10.6 Å². The number of hydrogen-bond donors (Lipinski definition) is 3. The fraction of sp³-hybridized carbons (Fsp3) is 0.429. The number of sulfonamides is 1. The second kappa shape index (κ2) is 9.53. The molecule has 0 radical (unpaired) electrons. The number of nitrogens with one attached hydrogen (secondary N) is 2. The summed E-state index contributed by atoms with van der Waals surface area (Å²) in [5.41, 5.74) is 0.317. The number of hydrogen-bond acceptors (Lipinski definition) is 5. The van der Waals surface area contributed by atoms with E-state index in [1.165, 1.54) is 0 Å². The van der Waals surface area contributed by atoms with Crippen LogP contribution in [0.3, 0.4) is 0 Å². The summed E-state index contributed by atoms with van der Waals surface area (Å²) in [6.07, 6.45) is 1.87. The first kappa shape index (κ1) is 19.5. The summed E-state index contributed by atoms with van der Waals surface area (Å²) in [4.78, 5) is 24.4. The van der Waals surface area contributed by atoms with Crippen molar-refractivity contribution in [1.29, 1.82) is 0 Å². The van der Waals surface area contributed by atoms with E-state index in [0.29, 0.717) is 17.0 Å². The first-order valence-corrected chi connectivity index (χ1v) is 9.70. The zero-order valence-electron chi connectivity index (χ0n) is 12.9. The molecule has 0 aliphatic carbocycles. The molecule has 23 heavy (non-hydrogen) atoms. The Morgan fingerprint density at radius 1 is 1.17 bits per heavy atom. The Bertz CT molecular complexity index is 647. The summed E-state index contributed by atoms with van der Waals surface area (Å²) in [5, 5.41) is 9.88. The summed E-state index contributed by atoms with van der Waals surface area (Å²) in [6.45, 7) is 2.53. The number of carbonyl (C=O) groups is 2. The van der Waals surface area contributed by atoms with E-state index in [0.717, 1.165) is 24.6 Å². The molecule has 1 aromatic carbocycles. The lowest BCUT2D eigenvalue weighted by Gasteiger charge is -2.09. The third-order valence-electron chi connectivity index (χ3n) is 2.81. The number of thioether (sulfide) groups is 1. The van der Waals surface area contributed by atoms with Gasteiger partial charge in [-0.3, -0.25) is 9.59 Å². The molecule has 4 N–H and O–H groups in total. The van der Waals surface area contributed by atoms with Crippen molar-refractivity contribution >= 4 is 32.9 Å². The average Bonchev–Trinajstić information content (AvgIpc) is 2.46. The number of rotatable bonds is 8. The van der Waals surface area contributed by atoms with E-state index in [-0.39, 0.29) is 17.5 Å². The maximum atomic E-state index is 12.1. The standard InChI is InChI=1S/C14H21N3O4S2/c1-2-3-8-17-14(19)22-12-7-5-4-6-11(12)13(18)16-9-10-23(15,20)21/h4-7H,2-3,8-10H2,1H3,(H,16,18)(H,17,19)(H2,15,20,21). The Morgan fingerprint density at radius 3 is 2.52 bits per heavy atom. The molecular formula is C14H21N3O4S2. The molecule has 0 saturated heterocycles. The maximum Gasteiger partial charge on any atom is 0.283 e. The summed E-state index contributed by atoms with van der Waals surface area (Å²) in [5.74, 6) is -0.788. The Kier molecular flexibility index (Phi) is 8.07. The zero-order valence-corrected chi connectivity index (χ0v) is 14.5. The first-order chi connectivity index (χ1) is 10.8. The minimum absolute atomic E-state index is 0.0840. The fourth-order valence-electron chi connectivity index (χ4n) is 1.65. The lowest BCUT2D eigenvalue weighted by molar-refractivity contribution is 0.0953. The molecule has 0 atom stereocenters. The van der Waals surface area contributed by atoms with Crippen LogP contribution in [0.4, 0.5) is 4.79 Å². The van der Waals surface area contributed by atoms with E-state index in [1.807, 2.05) is 6.92 Å². The van der Waals surface area contributed by atoms with Crippen molar-refractivity contribution in [2.75, 3.05) is 18.8 Å². The highest BCUT2D eigenvalue weighted by Crippen LogP contribution is 2.23. The molecule has 0 aliphatic heterocycles. The lowest BCUT2D eigenvalue weighted by Crippen LogP contribution is -2.31. The summed E-state index contributed by atoms with van der Waals surface area (Å²) < 4.78 is 21.7. The lowest BCUT2D eigenvalue weighted by atomic mass is 10.2. The summed E-state index contributed by atoms with van der Waals surface area (Å²) >= 11 is 0.934. The molecule has 0 fully saturated rings. The van der Waals surface area contributed by atoms with Crippen LogP contribution in [0.5, 0.6) is 0 Å². The van der Waals surface area contributed by atoms with Gasteiger partial charge in [0.2, 0.25) is 10.0 Å². The molecular weight excluding hydrogens is 338 g/mol. The van der Waals surface area contributed by atoms with E-state index in [1.54, 1.807) is 24.3 Å². The van der Waals surface area contributed by atoms with E-state index in [9.17, 15) is 18.0 Å². The Hall–Kier alpha value is -1.58. The van der Waals surface area contributed by atoms with Crippen LogP contribution >= 0.6 is 11.8 Å². The second-order valence-electron chi connectivity index (χ2n) is 4.79. The first-order valence-electron chi connectivity index (χ1n) is 7.17. The molecule has 1 aromatic rings. The van der Waals surface area contributed by atoms with Gasteiger partial charge in [0.15, 0.2) is 0 Å². The molecule has 0 aliphatic rings. The SMILES string of the molecule is CCCCNC(=O)Sc1ccccc1C(=O)NCCS(N)(=O)=O. The van der Waals surface area contributed by atoms with Crippen LogP contribution in [-0.2, 0) is 10.0 Å². The van der Waals surface area contributed by atoms with Gasteiger partial charge in [-0.1, -0.05) is 25.5 Å². The predicted molar refractivity (Wildman–Crippen MR) is 90.9 cm³/mol. The molecule has 128 valence electrons. The molecule has 0 aromatic heterocycles. The third kappa shape index (κ3) is 8.00. The number of nitrogens with two attached hydrogens (primary N) is 1. The minimum atomic E-state index is -3.63. The van der Waals surface area contributed by atoms with Crippen LogP contribution in [0.15, 0.2) is 29.2 Å². The highest BCUT2D eigenvalue weighted by Gasteiger charge is 2.14. The number of unbranched alkanes of at least 4 members (excludes halogenated alkanes) is 1. The van der Waals surface area contributed by atoms with E-state index in [2.05, 4.69) is 10.6 Å². The van der Waals surface area contributed by atoms with Crippen LogP contribution in [-0.4, -0.2) is 38.4 Å². The van der Waals surface area contributed by atoms with Crippen molar-refractivity contribution in [3.05, 3.63) is 29.8 Å². The fourth-order valence-corrected chi connectivity index (χ4v) is 2.83. The highest BCUT2D eigenvalue weighted by molar-refractivity contribution is 8.13. The van der Waals surface area contributed by atoms with Crippen molar-refractivity contribution in [3.8, 4) is 0 Å². The van der Waals surface area contributed by atoms with E-state index >= 15 is 0 Å². The van der Waals surface area contributed by atoms with Gasteiger partial charge in [0.25, 0.3) is 11.1 Å². The Morgan fingerprint density at radius 2 is 1.87 bits per heavy atom. The van der Waals surface area contributed by atoms with Crippen LogP contribution in [0.1, 0.15) is 30.1 Å². The topological polar surface area (TPSA) is 118 Å². The Balaban J connectivity index is 2.65. The molecule has 0 saturated carbocycles. The third-order valence-corrected chi connectivity index (χ3v) is 4.48. The predicted octanol–water partition coefficient (Wildman–Crippen LogP) is 1.31. The van der Waals surface area contributed by atoms with Gasteiger partial charge in [0, 0.05) is 18.0 Å². The molecule has 7 nitrogen and oxygen atoms in total. The van der Waals surface area contributed by atoms with Gasteiger partial charge in [-0.2, -0.15) is 0 Å². The van der Waals surface area contributed by atoms with Gasteiger partial charge in [-0.25, -0.2) is 13.6 Å². The summed E-state index contributed by atoms with van der Waals surface area (Å²) in [6, 6.07) is 6.64. The highest BCUT2D eigenvalue weighted by atomic mass is 32.2. The van der Waals surface area contributed by atoms with Gasteiger partial charge in [-0.05, 0) is 30.3 Å². The van der Waals surface area contributed by atoms with Gasteiger partial charge in [-0.15, -0.1) is 0 Å². The van der Waals surface area contributed by atoms with Crippen molar-refractivity contribution in [1.82, 2.24) is 10.6 Å². The van der Waals surface area contributed by atoms with Gasteiger partial charge in [0.05, 0.1) is 11.3 Å². The van der Waals surface area contributed by atoms with E-state index in [4.69, 9.17) is 5.14 Å². The van der Waals surface area contributed by atoms with Crippen LogP contribution in [0.25, 0.3) is 0 Å². The molecule has 0 spiro atoms. The molecule has 2 amide bonds. The zero-order chi connectivity index (χ0) is 17.3. The molecule has 1 rings (SSSR count). The van der Waals surface area contributed by atoms with Crippen molar-refractivity contribution in [2.45, 2.75) is 24.7 Å². The number of carbonyl (C=O) groups excluding carboxylic acids is 2. The van der Waals surface area contributed by atoms with Gasteiger partial charge in [0.1, 0.15) is 0 Å². The molecule has 0 heterocycles. The number of amides is 2. The van der Waals surface area contributed by atoms with Crippen LogP contribution in [0.2, 0.25) is 0 Å². The minimum Gasteiger partial charge on any atom is -0.351 e. The number of primary sulfonamides is 1. The van der Waals surface area contributed by atoms with Crippen LogP contribution < -0.4 is 15.8 Å². The second-order valence-corrected chi connectivity index (χ2v) is 7.54. The number of benzene rings is 1. The maximum absolute atomic E-state index is 12.1. The Labute approximate surface area is 140 Å². The van der Waals surface area contributed by atoms with E-state index < -0.39 is 15.9 Å². The molecule has 9 heteroatoms. The van der Waals surface area contributed by atoms with Crippen LogP contribution in [0, 0.1) is 0 Å². The quantitative estimate of drug-likeness (QED) is 0.478. The van der Waals surface area contributed by atoms with Crippen molar-refractivity contribution < 1.29 is 18.0 Å². The summed E-state index contributed by atoms with van der Waals surface area (Å²) in [7, 11) is -3.63. The average molecular weight is 359 g/mol. The van der Waals surface area contributed by atoms with Gasteiger partial charge >= 0.3 is 0 Å². The monoisotopic (exact) mass is 359 g/mol. The molecule has 0 unspecified atom stereocenters. The smallest absolute Gasteiger partial charge is 0.283 e. The largest absolute Gasteiger partial charge is 0.351 e. The molecule has 0 bridgehead atoms. The van der Waals surface area contributed by atoms with Crippen molar-refractivity contribution in [2.24, 2.45) is 5.14 Å². The normalized spacial score (nSPS) is 11.0. The van der Waals surface area contributed by atoms with Crippen molar-refractivity contribution in [3.63, 3.8) is 0 Å².